The van der Waals surface area contributed by atoms with E-state index in [1.165, 1.54) is 19.3 Å². The average molecular weight is 263 g/mol. The summed E-state index contributed by atoms with van der Waals surface area (Å²) in [7, 11) is 1.61. The van der Waals surface area contributed by atoms with Crippen LogP contribution in [0, 0.1) is 5.92 Å². The van der Waals surface area contributed by atoms with E-state index < -0.39 is 0 Å². The number of anilines is 1. The van der Waals surface area contributed by atoms with Gasteiger partial charge in [-0.2, -0.15) is 0 Å². The number of aromatic nitrogens is 1. The fourth-order valence-corrected chi connectivity index (χ4v) is 1.95. The number of ether oxygens (including phenoxy) is 1. The Labute approximate surface area is 113 Å². The van der Waals surface area contributed by atoms with Crippen LogP contribution >= 0.6 is 0 Å². The maximum atomic E-state index is 11.7. The molecule has 1 aliphatic rings. The molecule has 19 heavy (non-hydrogen) atoms. The van der Waals surface area contributed by atoms with Gasteiger partial charge in [0.15, 0.2) is 0 Å². The van der Waals surface area contributed by atoms with Crippen LogP contribution in [0.2, 0.25) is 0 Å². The first-order valence-electron chi connectivity index (χ1n) is 6.76. The second kappa shape index (κ2) is 7.09. The summed E-state index contributed by atoms with van der Waals surface area (Å²) in [5.74, 6) is 1.51. The number of nitrogens with zero attached hydrogens (tertiary/aromatic N) is 1. The molecule has 1 aromatic rings. The minimum atomic E-state index is -0.116. The van der Waals surface area contributed by atoms with E-state index in [4.69, 9.17) is 4.74 Å². The molecule has 104 valence electrons. The highest BCUT2D eigenvalue weighted by molar-refractivity contribution is 5.94. The quantitative estimate of drug-likeness (QED) is 0.735. The van der Waals surface area contributed by atoms with Crippen LogP contribution in [0.3, 0.4) is 0 Å². The SMILES string of the molecule is COCCNC(=O)c1ccc(NCC2CCC2)nc1. The normalized spacial score (nSPS) is 14.8. The standard InChI is InChI=1S/C14H21N3O2/c1-19-8-7-15-14(18)12-5-6-13(17-10-12)16-9-11-3-2-4-11/h5-6,10-11H,2-4,7-9H2,1H3,(H,15,18)(H,16,17). The largest absolute Gasteiger partial charge is 0.383 e. The first-order valence-corrected chi connectivity index (χ1v) is 6.76. The van der Waals surface area contributed by atoms with Crippen molar-refractivity contribution in [3.63, 3.8) is 0 Å². The van der Waals surface area contributed by atoms with Crippen LogP contribution in [-0.4, -0.2) is 37.7 Å². The summed E-state index contributed by atoms with van der Waals surface area (Å²) in [6.45, 7) is 2.00. The third-order valence-corrected chi connectivity index (χ3v) is 3.41. The molecule has 2 N–H and O–H groups in total. The average Bonchev–Trinajstić information content (AvgIpc) is 2.38. The minimum Gasteiger partial charge on any atom is -0.383 e. The molecule has 1 aliphatic carbocycles. The number of methoxy groups -OCH3 is 1. The molecule has 0 spiro atoms. The van der Waals surface area contributed by atoms with E-state index >= 15 is 0 Å². The third kappa shape index (κ3) is 4.21. The number of nitrogens with one attached hydrogen (secondary N) is 2. The molecule has 1 amide bonds. The number of carbonyl (C=O) groups excluding carboxylic acids is 1. The van der Waals surface area contributed by atoms with E-state index in [0.717, 1.165) is 18.3 Å². The van der Waals surface area contributed by atoms with E-state index in [9.17, 15) is 4.79 Å². The molecular formula is C14H21N3O2. The van der Waals surface area contributed by atoms with Crippen molar-refractivity contribution in [1.29, 1.82) is 0 Å². The Morgan fingerprint density at radius 2 is 2.32 bits per heavy atom. The molecule has 0 unspecified atom stereocenters. The Balaban J connectivity index is 1.77. The lowest BCUT2D eigenvalue weighted by atomic mass is 9.85. The van der Waals surface area contributed by atoms with Gasteiger partial charge >= 0.3 is 0 Å². The lowest BCUT2D eigenvalue weighted by Gasteiger charge is -2.25. The van der Waals surface area contributed by atoms with Crippen molar-refractivity contribution in [3.05, 3.63) is 23.9 Å². The van der Waals surface area contributed by atoms with Crippen LogP contribution < -0.4 is 10.6 Å². The number of hydrogen-bond acceptors (Lipinski definition) is 4. The molecular weight excluding hydrogens is 242 g/mol. The molecule has 0 aromatic carbocycles. The van der Waals surface area contributed by atoms with Crippen LogP contribution in [0.25, 0.3) is 0 Å². The van der Waals surface area contributed by atoms with Crippen molar-refractivity contribution in [3.8, 4) is 0 Å². The van der Waals surface area contributed by atoms with E-state index in [0.29, 0.717) is 18.7 Å². The molecule has 5 heteroatoms. The number of pyridine rings is 1. The Hall–Kier alpha value is -1.62. The number of hydrogen-bond donors (Lipinski definition) is 2. The molecule has 0 atom stereocenters. The molecule has 2 rings (SSSR count). The maximum Gasteiger partial charge on any atom is 0.252 e. The van der Waals surface area contributed by atoms with Gasteiger partial charge < -0.3 is 15.4 Å². The van der Waals surface area contributed by atoms with Gasteiger partial charge in [0.2, 0.25) is 0 Å². The first kappa shape index (κ1) is 13.8. The van der Waals surface area contributed by atoms with E-state index in [-0.39, 0.29) is 5.91 Å². The summed E-state index contributed by atoms with van der Waals surface area (Å²) in [6, 6.07) is 3.64. The first-order chi connectivity index (χ1) is 9.29. The lowest BCUT2D eigenvalue weighted by molar-refractivity contribution is 0.0937. The van der Waals surface area contributed by atoms with Crippen LogP contribution in [0.5, 0.6) is 0 Å². The Bertz CT molecular complexity index is 402. The molecule has 0 bridgehead atoms. The van der Waals surface area contributed by atoms with Gasteiger partial charge in [-0.1, -0.05) is 6.42 Å². The summed E-state index contributed by atoms with van der Waals surface area (Å²) < 4.78 is 4.88. The summed E-state index contributed by atoms with van der Waals surface area (Å²) >= 11 is 0. The van der Waals surface area contributed by atoms with Crippen LogP contribution in [0.15, 0.2) is 18.3 Å². The highest BCUT2D eigenvalue weighted by Gasteiger charge is 2.16. The van der Waals surface area contributed by atoms with E-state index in [1.54, 1.807) is 19.4 Å². The number of carbonyl (C=O) groups is 1. The Morgan fingerprint density at radius 1 is 1.47 bits per heavy atom. The zero-order chi connectivity index (χ0) is 13.5. The predicted molar refractivity (Wildman–Crippen MR) is 74.3 cm³/mol. The van der Waals surface area contributed by atoms with Crippen molar-refractivity contribution in [2.24, 2.45) is 5.92 Å². The van der Waals surface area contributed by atoms with Gasteiger partial charge in [0.05, 0.1) is 12.2 Å². The number of rotatable bonds is 7. The Kier molecular flexibility index (Phi) is 5.15. The van der Waals surface area contributed by atoms with Gasteiger partial charge in [-0.05, 0) is 30.9 Å². The van der Waals surface area contributed by atoms with E-state index in [2.05, 4.69) is 15.6 Å². The van der Waals surface area contributed by atoms with Crippen molar-refractivity contribution in [1.82, 2.24) is 10.3 Å². The van der Waals surface area contributed by atoms with Gasteiger partial charge in [-0.3, -0.25) is 4.79 Å². The second-order valence-electron chi connectivity index (χ2n) is 4.86. The third-order valence-electron chi connectivity index (χ3n) is 3.41. The van der Waals surface area contributed by atoms with Crippen molar-refractivity contribution in [2.75, 3.05) is 32.1 Å². The Morgan fingerprint density at radius 3 is 2.89 bits per heavy atom. The van der Waals surface area contributed by atoms with Crippen LogP contribution in [0.1, 0.15) is 29.6 Å². The van der Waals surface area contributed by atoms with Gasteiger partial charge in [0.1, 0.15) is 5.82 Å². The zero-order valence-electron chi connectivity index (χ0n) is 11.3. The summed E-state index contributed by atoms with van der Waals surface area (Å²) in [4.78, 5) is 16.0. The maximum absolute atomic E-state index is 11.7. The second-order valence-corrected chi connectivity index (χ2v) is 4.86. The highest BCUT2D eigenvalue weighted by Crippen LogP contribution is 2.26. The van der Waals surface area contributed by atoms with Crippen molar-refractivity contribution >= 4 is 11.7 Å². The smallest absolute Gasteiger partial charge is 0.252 e. The minimum absolute atomic E-state index is 0.116. The van der Waals surface area contributed by atoms with Gasteiger partial charge in [0, 0.05) is 26.4 Å². The number of amides is 1. The lowest BCUT2D eigenvalue weighted by Crippen LogP contribution is -2.27. The summed E-state index contributed by atoms with van der Waals surface area (Å²) in [5, 5.41) is 6.07. The van der Waals surface area contributed by atoms with E-state index in [1.807, 2.05) is 6.07 Å². The summed E-state index contributed by atoms with van der Waals surface area (Å²) in [6.07, 6.45) is 5.57. The molecule has 1 aromatic heterocycles. The van der Waals surface area contributed by atoms with Crippen molar-refractivity contribution < 1.29 is 9.53 Å². The van der Waals surface area contributed by atoms with Crippen LogP contribution in [-0.2, 0) is 4.74 Å². The topological polar surface area (TPSA) is 63.2 Å². The fourth-order valence-electron chi connectivity index (χ4n) is 1.95. The molecule has 1 fully saturated rings. The molecule has 5 nitrogen and oxygen atoms in total. The van der Waals surface area contributed by atoms with Crippen LogP contribution in [0.4, 0.5) is 5.82 Å². The zero-order valence-corrected chi connectivity index (χ0v) is 11.3. The summed E-state index contributed by atoms with van der Waals surface area (Å²) in [5.41, 5.74) is 0.574. The molecule has 0 radical (unpaired) electrons. The molecule has 1 heterocycles. The molecule has 1 saturated carbocycles. The molecule has 0 saturated heterocycles. The van der Waals surface area contributed by atoms with Crippen molar-refractivity contribution in [2.45, 2.75) is 19.3 Å². The fraction of sp³-hybridized carbons (Fsp3) is 0.571. The monoisotopic (exact) mass is 263 g/mol. The van der Waals surface area contributed by atoms with Gasteiger partial charge in [-0.25, -0.2) is 4.98 Å². The highest BCUT2D eigenvalue weighted by atomic mass is 16.5. The van der Waals surface area contributed by atoms with Gasteiger partial charge in [0.25, 0.3) is 5.91 Å². The predicted octanol–water partition coefficient (Wildman–Crippen LogP) is 1.67. The molecule has 0 aliphatic heterocycles. The van der Waals surface area contributed by atoms with Gasteiger partial charge in [-0.15, -0.1) is 0 Å².